The number of nitrogens with zero attached hydrogens (tertiary/aromatic N) is 4. The molecule has 5 rings (SSSR count). The van der Waals surface area contributed by atoms with Gasteiger partial charge in [-0.25, -0.2) is 4.79 Å². The second kappa shape index (κ2) is 15.2. The van der Waals surface area contributed by atoms with Gasteiger partial charge in [0.05, 0.1) is 21.1 Å². The van der Waals surface area contributed by atoms with E-state index < -0.39 is 5.97 Å². The Morgan fingerprint density at radius 1 is 0.702 bits per heavy atom. The number of carbonyl (C=O) groups is 1. The molecule has 0 bridgehead atoms. The lowest BCUT2D eigenvalue weighted by Crippen LogP contribution is -2.06. The summed E-state index contributed by atoms with van der Waals surface area (Å²) < 4.78 is 6.86. The van der Waals surface area contributed by atoms with Crippen LogP contribution in [-0.2, 0) is 4.74 Å². The number of thioether (sulfide) groups is 4. The van der Waals surface area contributed by atoms with Crippen LogP contribution in [0.15, 0.2) is 113 Å². The highest BCUT2D eigenvalue weighted by molar-refractivity contribution is 8.28. The third-order valence-corrected chi connectivity index (χ3v) is 11.6. The number of carbonyl (C=O) groups excluding carboxylic acids is 1. The topological polar surface area (TPSA) is 121 Å². The largest absolute Gasteiger partial charge is 0.465 e. The maximum atomic E-state index is 13.3. The number of nitriles is 4. The van der Waals surface area contributed by atoms with Crippen LogP contribution in [0.4, 0.5) is 0 Å². The van der Waals surface area contributed by atoms with Crippen molar-refractivity contribution in [1.29, 1.82) is 21.0 Å². The van der Waals surface area contributed by atoms with Crippen molar-refractivity contribution >= 4 is 64.2 Å². The van der Waals surface area contributed by atoms with E-state index in [-0.39, 0.29) is 33.8 Å². The Balaban J connectivity index is 1.98. The van der Waals surface area contributed by atoms with Crippen LogP contribution in [0.5, 0.6) is 0 Å². The number of fused-ring (bicyclic) bond motifs is 1. The van der Waals surface area contributed by atoms with Crippen LogP contribution in [-0.4, -0.2) is 13.1 Å². The molecule has 10 heteroatoms. The molecule has 0 saturated heterocycles. The number of rotatable bonds is 7. The molecule has 2 heterocycles. The van der Waals surface area contributed by atoms with Crippen LogP contribution in [0.25, 0.3) is 22.3 Å². The van der Waals surface area contributed by atoms with E-state index in [1.54, 1.807) is 6.07 Å². The molecule has 0 spiro atoms. The van der Waals surface area contributed by atoms with Crippen LogP contribution in [0.1, 0.15) is 46.8 Å². The molecule has 0 saturated carbocycles. The predicted octanol–water partition coefficient (Wildman–Crippen LogP) is 10.3. The maximum Gasteiger partial charge on any atom is 0.338 e. The van der Waals surface area contributed by atoms with Gasteiger partial charge in [0, 0.05) is 22.3 Å². The Hall–Kier alpha value is -4.81. The highest BCUT2D eigenvalue weighted by atomic mass is 32.2. The van der Waals surface area contributed by atoms with Gasteiger partial charge in [0.25, 0.3) is 0 Å². The Labute approximate surface area is 290 Å². The minimum Gasteiger partial charge on any atom is -0.465 e. The summed E-state index contributed by atoms with van der Waals surface area (Å²) in [6.45, 7) is 4.08. The van der Waals surface area contributed by atoms with Crippen molar-refractivity contribution in [3.63, 3.8) is 0 Å². The lowest BCUT2D eigenvalue weighted by atomic mass is 9.82. The van der Waals surface area contributed by atoms with E-state index in [1.807, 2.05) is 102 Å². The summed E-state index contributed by atoms with van der Waals surface area (Å²) >= 11 is 5.89. The third-order valence-electron chi connectivity index (χ3n) is 7.34. The molecule has 0 unspecified atom stereocenters. The van der Waals surface area contributed by atoms with Crippen LogP contribution in [0.2, 0.25) is 0 Å². The van der Waals surface area contributed by atoms with Gasteiger partial charge in [-0.3, -0.25) is 0 Å². The molecule has 4 aliphatic rings. The highest BCUT2D eigenvalue weighted by Crippen LogP contribution is 2.55. The van der Waals surface area contributed by atoms with Gasteiger partial charge in [-0.1, -0.05) is 115 Å². The summed E-state index contributed by atoms with van der Waals surface area (Å²) in [6, 6.07) is 27.0. The Morgan fingerprint density at radius 3 is 1.85 bits per heavy atom. The van der Waals surface area contributed by atoms with Gasteiger partial charge in [-0.2, -0.15) is 21.0 Å². The summed E-state index contributed by atoms with van der Waals surface area (Å²) in [5.74, 6) is -0.460. The normalized spacial score (nSPS) is 13.0. The molecular formula is C37H24N4O2S4. The van der Waals surface area contributed by atoms with Crippen LogP contribution in [0, 0.1) is 45.3 Å². The van der Waals surface area contributed by atoms with Gasteiger partial charge in [-0.15, -0.1) is 0 Å². The minimum atomic E-state index is -0.593. The summed E-state index contributed by atoms with van der Waals surface area (Å²) in [7, 11) is 1.29. The number of methoxy groups -OCH3 is 1. The van der Waals surface area contributed by atoms with E-state index in [0.29, 0.717) is 22.3 Å². The summed E-state index contributed by atoms with van der Waals surface area (Å²) in [6.07, 6.45) is 0. The molecule has 228 valence electrons. The average Bonchev–Trinajstić information content (AvgIpc) is 3.86. The van der Waals surface area contributed by atoms with Crippen molar-refractivity contribution in [2.75, 3.05) is 7.11 Å². The zero-order valence-corrected chi connectivity index (χ0v) is 28.7. The van der Waals surface area contributed by atoms with Crippen molar-refractivity contribution < 1.29 is 9.53 Å². The number of hydrogen-bond acceptors (Lipinski definition) is 10. The molecule has 6 nitrogen and oxygen atoms in total. The van der Waals surface area contributed by atoms with E-state index in [1.165, 1.54) is 54.2 Å². The molecule has 1 aromatic carbocycles. The first-order chi connectivity index (χ1) is 22.9. The van der Waals surface area contributed by atoms with Gasteiger partial charge < -0.3 is 4.74 Å². The van der Waals surface area contributed by atoms with Crippen molar-refractivity contribution in [2.45, 2.75) is 19.8 Å². The Kier molecular flexibility index (Phi) is 10.8. The molecule has 2 aliphatic heterocycles. The molecule has 47 heavy (non-hydrogen) atoms. The second-order valence-electron chi connectivity index (χ2n) is 10.3. The lowest BCUT2D eigenvalue weighted by Gasteiger charge is -2.23. The van der Waals surface area contributed by atoms with E-state index in [4.69, 9.17) is 4.74 Å². The standard InChI is InChI=1S/C37H24N4O2S4/c1-22(2)24-10-7-11-27-28(16-24)30(35(42)43-3)17-29(27)31(25(18-38)19-39)32(26(20-40)21-41)34(37-46-14-15-47-37)33(36-44-12-13-45-36)23-8-5-4-6-9-23/h4-17,22H,1-3H3. The van der Waals surface area contributed by atoms with Gasteiger partial charge in [0.2, 0.25) is 0 Å². The fourth-order valence-electron chi connectivity index (χ4n) is 5.23. The highest BCUT2D eigenvalue weighted by Gasteiger charge is 2.34. The van der Waals surface area contributed by atoms with Gasteiger partial charge >= 0.3 is 5.97 Å². The van der Waals surface area contributed by atoms with E-state index in [9.17, 15) is 25.8 Å². The van der Waals surface area contributed by atoms with Gasteiger partial charge in [0.15, 0.2) is 0 Å². The molecule has 0 amide bonds. The molecule has 0 fully saturated rings. The number of benzene rings is 1. The molecule has 0 aromatic heterocycles. The van der Waals surface area contributed by atoms with E-state index >= 15 is 0 Å². The molecule has 0 radical (unpaired) electrons. The summed E-state index contributed by atoms with van der Waals surface area (Å²) in [4.78, 5) is 13.3. The monoisotopic (exact) mass is 684 g/mol. The van der Waals surface area contributed by atoms with E-state index in [0.717, 1.165) is 25.2 Å². The first-order valence-electron chi connectivity index (χ1n) is 14.1. The zero-order valence-electron chi connectivity index (χ0n) is 25.4. The average molecular weight is 685 g/mol. The predicted molar refractivity (Wildman–Crippen MR) is 194 cm³/mol. The minimum absolute atomic E-state index is 0.0936. The number of esters is 1. The fourth-order valence-corrected chi connectivity index (χ4v) is 9.04. The van der Waals surface area contributed by atoms with Crippen molar-refractivity contribution in [3.8, 4) is 35.4 Å². The molecule has 1 aromatic rings. The SMILES string of the molecule is COC(=O)c1cc(C(=C(C#N)C#N)C(=C(C#N)C#N)C(=C2SC=CS2)C(=C2SC=CS2)c2ccccc2)c2cccc(C(C)C)cc1-2. The maximum absolute atomic E-state index is 13.3. The van der Waals surface area contributed by atoms with Gasteiger partial charge in [0.1, 0.15) is 35.4 Å². The first-order valence-corrected chi connectivity index (χ1v) is 17.7. The number of ether oxygens (including phenoxy) is 1. The molecule has 0 N–H and O–H groups in total. The molecule has 0 atom stereocenters. The number of hydrogen-bond donors (Lipinski definition) is 0. The lowest BCUT2D eigenvalue weighted by molar-refractivity contribution is 0.0602. The third kappa shape index (κ3) is 6.70. The fraction of sp³-hybridized carbons (Fsp3) is 0.108. The molecular weight excluding hydrogens is 661 g/mol. The number of allylic oxidation sites excluding steroid dienone is 6. The summed E-state index contributed by atoms with van der Waals surface area (Å²) in [5.41, 5.74) is 4.50. The van der Waals surface area contributed by atoms with Crippen molar-refractivity contribution in [2.24, 2.45) is 0 Å². The Morgan fingerprint density at radius 2 is 1.30 bits per heavy atom. The smallest absolute Gasteiger partial charge is 0.338 e. The quantitative estimate of drug-likeness (QED) is 0.135. The van der Waals surface area contributed by atoms with Gasteiger partial charge in [-0.05, 0) is 61.4 Å². The van der Waals surface area contributed by atoms with Crippen LogP contribution >= 0.6 is 47.0 Å². The van der Waals surface area contributed by atoms with Crippen LogP contribution in [0.3, 0.4) is 0 Å². The van der Waals surface area contributed by atoms with E-state index in [2.05, 4.69) is 12.1 Å². The summed E-state index contributed by atoms with van der Waals surface area (Å²) in [5, 5.41) is 49.7. The van der Waals surface area contributed by atoms with Crippen LogP contribution < -0.4 is 0 Å². The van der Waals surface area contributed by atoms with Crippen molar-refractivity contribution in [3.05, 3.63) is 135 Å². The first kappa shape index (κ1) is 33.6. The zero-order chi connectivity index (χ0) is 33.5. The second-order valence-corrected chi connectivity index (χ2v) is 14.5. The Bertz CT molecular complexity index is 2060. The van der Waals surface area contributed by atoms with Crippen molar-refractivity contribution in [1.82, 2.24) is 0 Å². The molecule has 2 aliphatic carbocycles.